The molecule has 0 unspecified atom stereocenters. The lowest BCUT2D eigenvalue weighted by Gasteiger charge is -1.96. The fourth-order valence-electron chi connectivity index (χ4n) is 0.849. The minimum atomic E-state index is 0.354. The fourth-order valence-corrected chi connectivity index (χ4v) is 0.849. The van der Waals surface area contributed by atoms with Crippen molar-refractivity contribution in [3.8, 4) is 0 Å². The third kappa shape index (κ3) is 2.60. The summed E-state index contributed by atoms with van der Waals surface area (Å²) in [7, 11) is 0. The Labute approximate surface area is 70.9 Å². The number of pyridine rings is 1. The Bertz CT molecular complexity index is 302. The number of rotatable bonds is 3. The van der Waals surface area contributed by atoms with Crippen molar-refractivity contribution in [1.29, 1.82) is 0 Å². The molecule has 0 aliphatic carbocycles. The molecule has 0 atom stereocenters. The van der Waals surface area contributed by atoms with Crippen LogP contribution in [0, 0.1) is 13.3 Å². The second kappa shape index (κ2) is 4.36. The van der Waals surface area contributed by atoms with Crippen LogP contribution in [0.2, 0.25) is 0 Å². The first kappa shape index (κ1) is 8.56. The van der Waals surface area contributed by atoms with Crippen molar-refractivity contribution >= 4 is 0 Å². The molecule has 1 aromatic heterocycles. The zero-order valence-corrected chi connectivity index (χ0v) is 6.81. The van der Waals surface area contributed by atoms with Crippen LogP contribution < -0.4 is 0 Å². The normalized spacial score (nSPS) is 9.08. The molecule has 1 rings (SSSR count). The molecule has 0 aliphatic rings. The van der Waals surface area contributed by atoms with Gasteiger partial charge in [-0.2, -0.15) is 0 Å². The van der Waals surface area contributed by atoms with Gasteiger partial charge in [-0.3, -0.25) is 4.98 Å². The summed E-state index contributed by atoms with van der Waals surface area (Å²) in [6.07, 6.45) is 1.78. The molecule has 0 bridgehead atoms. The van der Waals surface area contributed by atoms with E-state index in [9.17, 15) is 0 Å². The van der Waals surface area contributed by atoms with Gasteiger partial charge in [-0.25, -0.2) is 0 Å². The van der Waals surface area contributed by atoms with E-state index in [2.05, 4.69) is 15.0 Å². The molecule has 0 aromatic carbocycles. The molecule has 0 fully saturated rings. The van der Waals surface area contributed by atoms with Crippen LogP contribution in [-0.2, 0) is 0 Å². The van der Waals surface area contributed by atoms with Crippen molar-refractivity contribution in [2.24, 2.45) is 5.11 Å². The van der Waals surface area contributed by atoms with Gasteiger partial charge in [-0.1, -0.05) is 11.2 Å². The van der Waals surface area contributed by atoms with Crippen LogP contribution in [0.15, 0.2) is 23.3 Å². The lowest BCUT2D eigenvalue weighted by Crippen LogP contribution is -1.91. The molecule has 0 amide bonds. The SMILES string of the molecule is Cc1cccc([CH]CN=[N+]=[N-])n1. The van der Waals surface area contributed by atoms with E-state index in [0.29, 0.717) is 6.54 Å². The first-order valence-corrected chi connectivity index (χ1v) is 3.60. The van der Waals surface area contributed by atoms with Crippen molar-refractivity contribution in [3.63, 3.8) is 0 Å². The molecule has 4 heteroatoms. The van der Waals surface area contributed by atoms with Crippen LogP contribution in [0.4, 0.5) is 0 Å². The van der Waals surface area contributed by atoms with E-state index >= 15 is 0 Å². The van der Waals surface area contributed by atoms with Gasteiger partial charge in [0, 0.05) is 29.3 Å². The van der Waals surface area contributed by atoms with E-state index in [1.165, 1.54) is 0 Å². The van der Waals surface area contributed by atoms with Gasteiger partial charge < -0.3 is 0 Å². The highest BCUT2D eigenvalue weighted by Gasteiger charge is 1.92. The molecule has 1 aromatic rings. The summed E-state index contributed by atoms with van der Waals surface area (Å²) in [6.45, 7) is 2.28. The molecule has 1 heterocycles. The van der Waals surface area contributed by atoms with Crippen LogP contribution in [-0.4, -0.2) is 11.5 Å². The zero-order chi connectivity index (χ0) is 8.81. The predicted octanol–water partition coefficient (Wildman–Crippen LogP) is 2.25. The lowest BCUT2D eigenvalue weighted by atomic mass is 10.2. The summed E-state index contributed by atoms with van der Waals surface area (Å²) in [4.78, 5) is 6.85. The number of aromatic nitrogens is 1. The summed E-state index contributed by atoms with van der Waals surface area (Å²) in [5.74, 6) is 0. The maximum atomic E-state index is 8.02. The van der Waals surface area contributed by atoms with Crippen molar-refractivity contribution in [2.45, 2.75) is 6.92 Å². The number of nitrogens with zero attached hydrogens (tertiary/aromatic N) is 4. The van der Waals surface area contributed by atoms with Crippen LogP contribution in [0.3, 0.4) is 0 Å². The van der Waals surface area contributed by atoms with Crippen molar-refractivity contribution in [3.05, 3.63) is 46.5 Å². The third-order valence-corrected chi connectivity index (χ3v) is 1.36. The molecule has 0 saturated heterocycles. The number of hydrogen-bond donors (Lipinski definition) is 0. The van der Waals surface area contributed by atoms with Gasteiger partial charge in [-0.05, 0) is 24.6 Å². The fraction of sp³-hybridized carbons (Fsp3) is 0.250. The predicted molar refractivity (Wildman–Crippen MR) is 46.4 cm³/mol. The molecule has 12 heavy (non-hydrogen) atoms. The largest absolute Gasteiger partial charge is 0.258 e. The monoisotopic (exact) mass is 161 g/mol. The van der Waals surface area contributed by atoms with Gasteiger partial charge in [0.2, 0.25) is 0 Å². The smallest absolute Gasteiger partial charge is 0.0445 e. The van der Waals surface area contributed by atoms with E-state index < -0.39 is 0 Å². The Kier molecular flexibility index (Phi) is 3.11. The molecule has 0 N–H and O–H groups in total. The highest BCUT2D eigenvalue weighted by molar-refractivity contribution is 5.16. The highest BCUT2D eigenvalue weighted by Crippen LogP contribution is 2.00. The molecule has 0 spiro atoms. The van der Waals surface area contributed by atoms with Gasteiger partial charge in [0.15, 0.2) is 0 Å². The number of aryl methyl sites for hydroxylation is 1. The average Bonchev–Trinajstić information content (AvgIpc) is 2.05. The second-order valence-electron chi connectivity index (χ2n) is 2.32. The first-order chi connectivity index (χ1) is 5.83. The lowest BCUT2D eigenvalue weighted by molar-refractivity contribution is 1.06. The Morgan fingerprint density at radius 3 is 3.17 bits per heavy atom. The number of azide groups is 1. The van der Waals surface area contributed by atoms with Gasteiger partial charge in [0.25, 0.3) is 0 Å². The number of hydrogen-bond acceptors (Lipinski definition) is 2. The van der Waals surface area contributed by atoms with E-state index in [0.717, 1.165) is 11.4 Å². The summed E-state index contributed by atoms with van der Waals surface area (Å²) in [5.41, 5.74) is 9.83. The molecule has 1 radical (unpaired) electrons. The Morgan fingerprint density at radius 1 is 1.67 bits per heavy atom. The minimum absolute atomic E-state index is 0.354. The standard InChI is InChI=1S/C8H9N4/c1-7-3-2-4-8(11-7)5-6-10-12-9/h2-5H,6H2,1H3. The van der Waals surface area contributed by atoms with Crippen molar-refractivity contribution in [1.82, 2.24) is 4.98 Å². The summed E-state index contributed by atoms with van der Waals surface area (Å²) >= 11 is 0. The van der Waals surface area contributed by atoms with Crippen LogP contribution >= 0.6 is 0 Å². The quantitative estimate of drug-likeness (QED) is 0.381. The summed E-state index contributed by atoms with van der Waals surface area (Å²) in [6, 6.07) is 5.72. The topological polar surface area (TPSA) is 61.7 Å². The zero-order valence-electron chi connectivity index (χ0n) is 6.81. The molecule has 0 aliphatic heterocycles. The van der Waals surface area contributed by atoms with Gasteiger partial charge in [0.05, 0.1) is 0 Å². The maximum absolute atomic E-state index is 8.02. The van der Waals surface area contributed by atoms with Crippen LogP contribution in [0.1, 0.15) is 11.4 Å². The molecule has 0 saturated carbocycles. The molecular weight excluding hydrogens is 152 g/mol. The second-order valence-corrected chi connectivity index (χ2v) is 2.32. The Morgan fingerprint density at radius 2 is 2.50 bits per heavy atom. The average molecular weight is 161 g/mol. The summed E-state index contributed by atoms with van der Waals surface area (Å²) < 4.78 is 0. The maximum Gasteiger partial charge on any atom is 0.0445 e. The van der Waals surface area contributed by atoms with Gasteiger partial charge in [-0.15, -0.1) is 0 Å². The van der Waals surface area contributed by atoms with Crippen molar-refractivity contribution in [2.75, 3.05) is 6.54 Å². The molecule has 4 nitrogen and oxygen atoms in total. The molecule has 61 valence electrons. The van der Waals surface area contributed by atoms with Crippen LogP contribution in [0.5, 0.6) is 0 Å². The van der Waals surface area contributed by atoms with E-state index in [1.807, 2.05) is 25.1 Å². The van der Waals surface area contributed by atoms with Crippen LogP contribution in [0.25, 0.3) is 10.4 Å². The Hall–Kier alpha value is -1.54. The molecular formula is C8H9N4. The summed E-state index contributed by atoms with van der Waals surface area (Å²) in [5, 5.41) is 3.38. The minimum Gasteiger partial charge on any atom is -0.258 e. The van der Waals surface area contributed by atoms with E-state index in [4.69, 9.17) is 5.53 Å². The highest BCUT2D eigenvalue weighted by atomic mass is 15.1. The van der Waals surface area contributed by atoms with Gasteiger partial charge >= 0.3 is 0 Å². The van der Waals surface area contributed by atoms with E-state index in [1.54, 1.807) is 6.42 Å². The van der Waals surface area contributed by atoms with E-state index in [-0.39, 0.29) is 0 Å². The Balaban J connectivity index is 2.57. The first-order valence-electron chi connectivity index (χ1n) is 3.60. The van der Waals surface area contributed by atoms with Crippen molar-refractivity contribution < 1.29 is 0 Å². The third-order valence-electron chi connectivity index (χ3n) is 1.36. The van der Waals surface area contributed by atoms with Gasteiger partial charge in [0.1, 0.15) is 0 Å².